The highest BCUT2D eigenvalue weighted by atomic mass is 16.5. The fourth-order valence-electron chi connectivity index (χ4n) is 1.58. The quantitative estimate of drug-likeness (QED) is 0.875. The summed E-state index contributed by atoms with van der Waals surface area (Å²) in [7, 11) is 1.59. The summed E-state index contributed by atoms with van der Waals surface area (Å²) in [6, 6.07) is 12.2. The predicted molar refractivity (Wildman–Crippen MR) is 67.1 cm³/mol. The molecule has 1 aromatic heterocycles. The maximum Gasteiger partial charge on any atom is 0.218 e. The van der Waals surface area contributed by atoms with Gasteiger partial charge in [0.1, 0.15) is 12.1 Å². The molecule has 0 amide bonds. The minimum atomic E-state index is 0.191. The van der Waals surface area contributed by atoms with Gasteiger partial charge in [-0.1, -0.05) is 30.3 Å². The van der Waals surface area contributed by atoms with Crippen molar-refractivity contribution in [3.05, 3.63) is 48.3 Å². The van der Waals surface area contributed by atoms with Crippen LogP contribution in [0.4, 0.5) is 5.82 Å². The van der Waals surface area contributed by atoms with Gasteiger partial charge in [-0.2, -0.15) is 0 Å². The molecule has 1 heterocycles. The van der Waals surface area contributed by atoms with Gasteiger partial charge in [0.05, 0.1) is 7.11 Å². The Balaban J connectivity index is 2.10. The molecule has 4 heteroatoms. The van der Waals surface area contributed by atoms with Crippen molar-refractivity contribution in [1.29, 1.82) is 0 Å². The SMILES string of the molecule is COc1cc(N[C@H](C)c2ccccc2)ncn1. The molecule has 0 bridgehead atoms. The zero-order valence-electron chi connectivity index (χ0n) is 9.92. The van der Waals surface area contributed by atoms with E-state index in [0.29, 0.717) is 5.88 Å². The lowest BCUT2D eigenvalue weighted by Gasteiger charge is -2.14. The zero-order chi connectivity index (χ0) is 12.1. The fourth-order valence-corrected chi connectivity index (χ4v) is 1.58. The van der Waals surface area contributed by atoms with Crippen LogP contribution < -0.4 is 10.1 Å². The Bertz CT molecular complexity index is 473. The van der Waals surface area contributed by atoms with E-state index >= 15 is 0 Å². The molecule has 0 unspecified atom stereocenters. The van der Waals surface area contributed by atoms with E-state index < -0.39 is 0 Å². The molecule has 1 N–H and O–H groups in total. The van der Waals surface area contributed by atoms with Crippen LogP contribution in [0.1, 0.15) is 18.5 Å². The highest BCUT2D eigenvalue weighted by Gasteiger charge is 2.06. The van der Waals surface area contributed by atoms with Gasteiger partial charge in [0.25, 0.3) is 0 Å². The molecule has 1 atom stereocenters. The van der Waals surface area contributed by atoms with Crippen LogP contribution in [0, 0.1) is 0 Å². The van der Waals surface area contributed by atoms with Crippen LogP contribution in [-0.4, -0.2) is 17.1 Å². The molecule has 17 heavy (non-hydrogen) atoms. The third kappa shape index (κ3) is 2.93. The van der Waals surface area contributed by atoms with E-state index in [0.717, 1.165) is 5.82 Å². The van der Waals surface area contributed by atoms with E-state index in [1.165, 1.54) is 11.9 Å². The Hall–Kier alpha value is -2.10. The fraction of sp³-hybridized carbons (Fsp3) is 0.231. The van der Waals surface area contributed by atoms with Gasteiger partial charge in [0.2, 0.25) is 5.88 Å². The third-order valence-electron chi connectivity index (χ3n) is 2.52. The number of benzene rings is 1. The van der Waals surface area contributed by atoms with Crippen LogP contribution in [0.2, 0.25) is 0 Å². The highest BCUT2D eigenvalue weighted by molar-refractivity contribution is 5.40. The third-order valence-corrected chi connectivity index (χ3v) is 2.52. The van der Waals surface area contributed by atoms with Crippen molar-refractivity contribution in [2.75, 3.05) is 12.4 Å². The normalized spacial score (nSPS) is 11.9. The second kappa shape index (κ2) is 5.30. The predicted octanol–water partition coefficient (Wildman–Crippen LogP) is 2.66. The zero-order valence-corrected chi connectivity index (χ0v) is 9.92. The van der Waals surface area contributed by atoms with Crippen LogP contribution in [0.15, 0.2) is 42.7 Å². The van der Waals surface area contributed by atoms with Crippen molar-refractivity contribution in [2.45, 2.75) is 13.0 Å². The number of methoxy groups -OCH3 is 1. The van der Waals surface area contributed by atoms with Crippen molar-refractivity contribution < 1.29 is 4.74 Å². The van der Waals surface area contributed by atoms with Crippen LogP contribution in [0.5, 0.6) is 5.88 Å². The molecule has 4 nitrogen and oxygen atoms in total. The van der Waals surface area contributed by atoms with Gasteiger partial charge in [-0.25, -0.2) is 9.97 Å². The lowest BCUT2D eigenvalue weighted by Crippen LogP contribution is -2.08. The van der Waals surface area contributed by atoms with E-state index in [4.69, 9.17) is 4.74 Å². The number of anilines is 1. The summed E-state index contributed by atoms with van der Waals surface area (Å²) in [4.78, 5) is 8.12. The summed E-state index contributed by atoms with van der Waals surface area (Å²) < 4.78 is 5.05. The largest absolute Gasteiger partial charge is 0.481 e. The summed E-state index contributed by atoms with van der Waals surface area (Å²) in [6.07, 6.45) is 1.48. The summed E-state index contributed by atoms with van der Waals surface area (Å²) in [5.41, 5.74) is 1.21. The van der Waals surface area contributed by atoms with Crippen molar-refractivity contribution >= 4 is 5.82 Å². The van der Waals surface area contributed by atoms with Crippen molar-refractivity contribution in [2.24, 2.45) is 0 Å². The standard InChI is InChI=1S/C13H15N3O/c1-10(11-6-4-3-5-7-11)16-12-8-13(17-2)15-9-14-12/h3-10H,1-2H3,(H,14,15,16)/t10-/m1/s1. The van der Waals surface area contributed by atoms with E-state index in [2.05, 4.69) is 34.3 Å². The smallest absolute Gasteiger partial charge is 0.218 e. The highest BCUT2D eigenvalue weighted by Crippen LogP contribution is 2.18. The Labute approximate surface area is 101 Å². The van der Waals surface area contributed by atoms with Gasteiger partial charge in [-0.3, -0.25) is 0 Å². The molecule has 2 aromatic rings. The number of aromatic nitrogens is 2. The number of hydrogen-bond acceptors (Lipinski definition) is 4. The maximum atomic E-state index is 5.05. The topological polar surface area (TPSA) is 47.0 Å². The summed E-state index contributed by atoms with van der Waals surface area (Å²) in [5.74, 6) is 1.32. The Morgan fingerprint density at radius 3 is 2.65 bits per heavy atom. The first-order chi connectivity index (χ1) is 8.29. The lowest BCUT2D eigenvalue weighted by molar-refractivity contribution is 0.397. The van der Waals surface area contributed by atoms with Gasteiger partial charge >= 0.3 is 0 Å². The first-order valence-electron chi connectivity index (χ1n) is 5.47. The first-order valence-corrected chi connectivity index (χ1v) is 5.47. The maximum absolute atomic E-state index is 5.05. The summed E-state index contributed by atoms with van der Waals surface area (Å²) in [5, 5.41) is 3.30. The van der Waals surface area contributed by atoms with Crippen LogP contribution >= 0.6 is 0 Å². The Morgan fingerprint density at radius 1 is 1.18 bits per heavy atom. The second-order valence-electron chi connectivity index (χ2n) is 3.72. The summed E-state index contributed by atoms with van der Waals surface area (Å²) in [6.45, 7) is 2.09. The van der Waals surface area contributed by atoms with Crippen molar-refractivity contribution in [3.63, 3.8) is 0 Å². The molecule has 0 spiro atoms. The molecule has 2 rings (SSSR count). The van der Waals surface area contributed by atoms with Gasteiger partial charge in [-0.15, -0.1) is 0 Å². The second-order valence-corrected chi connectivity index (χ2v) is 3.72. The van der Waals surface area contributed by atoms with Crippen LogP contribution in [0.3, 0.4) is 0 Å². The van der Waals surface area contributed by atoms with Crippen LogP contribution in [0.25, 0.3) is 0 Å². The number of nitrogens with one attached hydrogen (secondary N) is 1. The molecule has 0 aliphatic heterocycles. The van der Waals surface area contributed by atoms with Crippen molar-refractivity contribution in [1.82, 2.24) is 9.97 Å². The van der Waals surface area contributed by atoms with Crippen LogP contribution in [-0.2, 0) is 0 Å². The van der Waals surface area contributed by atoms with E-state index in [-0.39, 0.29) is 6.04 Å². The lowest BCUT2D eigenvalue weighted by atomic mass is 10.1. The molecule has 1 aromatic carbocycles. The average Bonchev–Trinajstić information content (AvgIpc) is 2.40. The minimum absolute atomic E-state index is 0.191. The molecule has 88 valence electrons. The molecule has 0 aliphatic rings. The first kappa shape index (κ1) is 11.4. The molecule has 0 fully saturated rings. The van der Waals surface area contributed by atoms with E-state index in [1.807, 2.05) is 18.2 Å². The monoisotopic (exact) mass is 229 g/mol. The number of ether oxygens (including phenoxy) is 1. The molecule has 0 aliphatic carbocycles. The number of hydrogen-bond donors (Lipinski definition) is 1. The summed E-state index contributed by atoms with van der Waals surface area (Å²) >= 11 is 0. The molecular weight excluding hydrogens is 214 g/mol. The van der Waals surface area contributed by atoms with Gasteiger partial charge in [0.15, 0.2) is 0 Å². The Kier molecular flexibility index (Phi) is 3.55. The molecule has 0 saturated heterocycles. The van der Waals surface area contributed by atoms with E-state index in [1.54, 1.807) is 13.2 Å². The average molecular weight is 229 g/mol. The van der Waals surface area contributed by atoms with Crippen molar-refractivity contribution in [3.8, 4) is 5.88 Å². The Morgan fingerprint density at radius 2 is 1.94 bits per heavy atom. The van der Waals surface area contributed by atoms with Gasteiger partial charge in [0, 0.05) is 12.1 Å². The van der Waals surface area contributed by atoms with Gasteiger partial charge < -0.3 is 10.1 Å². The number of nitrogens with zero attached hydrogens (tertiary/aromatic N) is 2. The minimum Gasteiger partial charge on any atom is -0.481 e. The molecule has 0 saturated carbocycles. The number of rotatable bonds is 4. The molecular formula is C13H15N3O. The molecule has 0 radical (unpaired) electrons. The van der Waals surface area contributed by atoms with Gasteiger partial charge in [-0.05, 0) is 12.5 Å². The van der Waals surface area contributed by atoms with E-state index in [9.17, 15) is 0 Å².